The van der Waals surface area contributed by atoms with Gasteiger partial charge >= 0.3 is 5.69 Å². The first-order valence-electron chi connectivity index (χ1n) is 10.2. The molecule has 0 unspecified atom stereocenters. The molecule has 1 N–H and O–H groups in total. The Balaban J connectivity index is 1.95. The van der Waals surface area contributed by atoms with Gasteiger partial charge in [-0.2, -0.15) is 0 Å². The molecule has 0 saturated carbocycles. The quantitative estimate of drug-likeness (QED) is 0.515. The summed E-state index contributed by atoms with van der Waals surface area (Å²) in [6, 6.07) is 0. The van der Waals surface area contributed by atoms with Gasteiger partial charge in [0.1, 0.15) is 16.2 Å². The van der Waals surface area contributed by atoms with Gasteiger partial charge in [-0.05, 0) is 32.6 Å². The summed E-state index contributed by atoms with van der Waals surface area (Å²) < 4.78 is 8.14. The molecule has 1 saturated heterocycles. The van der Waals surface area contributed by atoms with Crippen molar-refractivity contribution in [3.8, 4) is 0 Å². The highest BCUT2D eigenvalue weighted by Gasteiger charge is 2.23. The van der Waals surface area contributed by atoms with Crippen LogP contribution in [0, 0.1) is 12.8 Å². The molecule has 2 aromatic heterocycles. The first-order valence-corrected chi connectivity index (χ1v) is 11.1. The largest absolute Gasteiger partial charge is 0.376 e. The summed E-state index contributed by atoms with van der Waals surface area (Å²) in [5.74, 6) is 0.492. The van der Waals surface area contributed by atoms with Crippen molar-refractivity contribution in [1.82, 2.24) is 24.4 Å². The zero-order valence-corrected chi connectivity index (χ0v) is 18.9. The van der Waals surface area contributed by atoms with Gasteiger partial charge in [-0.15, -0.1) is 0 Å². The fraction of sp³-hybridized carbons (Fsp3) is 0.650. The number of fused-ring (bicyclic) bond motifs is 1. The maximum atomic E-state index is 12.9. The van der Waals surface area contributed by atoms with Crippen LogP contribution in [-0.2, 0) is 23.1 Å². The Morgan fingerprint density at radius 1 is 1.30 bits per heavy atom. The van der Waals surface area contributed by atoms with E-state index in [1.165, 1.54) is 23.4 Å². The van der Waals surface area contributed by atoms with Crippen LogP contribution in [0.2, 0.25) is 0 Å². The zero-order chi connectivity index (χ0) is 22.0. The van der Waals surface area contributed by atoms with E-state index in [0.717, 1.165) is 24.0 Å². The fourth-order valence-electron chi connectivity index (χ4n) is 3.44. The van der Waals surface area contributed by atoms with E-state index in [1.807, 2.05) is 13.8 Å². The maximum Gasteiger partial charge on any atom is 0.332 e. The summed E-state index contributed by atoms with van der Waals surface area (Å²) in [6.45, 7) is 9.12. The van der Waals surface area contributed by atoms with Crippen LogP contribution >= 0.6 is 11.8 Å². The predicted molar refractivity (Wildman–Crippen MR) is 116 cm³/mol. The minimum absolute atomic E-state index is 0.0611. The molecule has 3 rings (SSSR count). The molecule has 0 bridgehead atoms. The summed E-state index contributed by atoms with van der Waals surface area (Å²) in [7, 11) is 1.45. The molecule has 0 spiro atoms. The van der Waals surface area contributed by atoms with Crippen LogP contribution in [0.15, 0.2) is 14.6 Å². The molecule has 30 heavy (non-hydrogen) atoms. The highest BCUT2D eigenvalue weighted by Crippen LogP contribution is 2.26. The molecule has 1 fully saturated rings. The van der Waals surface area contributed by atoms with Crippen molar-refractivity contribution in [1.29, 1.82) is 0 Å². The lowest BCUT2D eigenvalue weighted by molar-refractivity contribution is -0.120. The van der Waals surface area contributed by atoms with Crippen LogP contribution in [0.25, 0.3) is 11.0 Å². The molecule has 2 aromatic rings. The van der Waals surface area contributed by atoms with Gasteiger partial charge in [0, 0.05) is 26.7 Å². The van der Waals surface area contributed by atoms with Gasteiger partial charge in [0.05, 0.1) is 11.4 Å². The molecule has 9 nitrogen and oxygen atoms in total. The SMILES string of the molecule is Cc1nc(S[C@H](C)C(=O)NC[C@H]2CCCO2)c2c(=O)n(C)c(=O)n(CC(C)C)c2n1. The Kier molecular flexibility index (Phi) is 6.97. The van der Waals surface area contributed by atoms with E-state index in [2.05, 4.69) is 15.3 Å². The molecule has 0 aromatic carbocycles. The number of thioether (sulfide) groups is 1. The van der Waals surface area contributed by atoms with Crippen molar-refractivity contribution in [2.75, 3.05) is 13.2 Å². The molecule has 1 aliphatic rings. The Labute approximate surface area is 179 Å². The number of carbonyl (C=O) groups is 1. The smallest absolute Gasteiger partial charge is 0.332 e. The molecule has 0 aliphatic carbocycles. The average molecular weight is 436 g/mol. The Hall–Kier alpha value is -2.20. The molecular formula is C20H29N5O4S. The number of nitrogens with zero attached hydrogens (tertiary/aromatic N) is 4. The van der Waals surface area contributed by atoms with E-state index >= 15 is 0 Å². The van der Waals surface area contributed by atoms with Gasteiger partial charge in [0.15, 0.2) is 5.65 Å². The molecule has 0 radical (unpaired) electrons. The monoisotopic (exact) mass is 435 g/mol. The number of carbonyl (C=O) groups excluding carboxylic acids is 1. The minimum Gasteiger partial charge on any atom is -0.376 e. The van der Waals surface area contributed by atoms with E-state index in [9.17, 15) is 14.4 Å². The second kappa shape index (κ2) is 9.30. The fourth-order valence-corrected chi connectivity index (χ4v) is 4.45. The molecule has 3 heterocycles. The summed E-state index contributed by atoms with van der Waals surface area (Å²) in [4.78, 5) is 47.0. The van der Waals surface area contributed by atoms with Gasteiger partial charge in [-0.25, -0.2) is 14.8 Å². The van der Waals surface area contributed by atoms with Crippen LogP contribution in [0.1, 0.15) is 39.4 Å². The molecule has 2 atom stereocenters. The number of nitrogens with one attached hydrogen (secondary N) is 1. The summed E-state index contributed by atoms with van der Waals surface area (Å²) >= 11 is 1.20. The Morgan fingerprint density at radius 3 is 2.67 bits per heavy atom. The summed E-state index contributed by atoms with van der Waals surface area (Å²) in [6.07, 6.45) is 2.02. The lowest BCUT2D eigenvalue weighted by Gasteiger charge is -2.17. The van der Waals surface area contributed by atoms with Gasteiger partial charge < -0.3 is 10.1 Å². The molecule has 1 amide bonds. The third-order valence-corrected chi connectivity index (χ3v) is 6.08. The number of hydrogen-bond acceptors (Lipinski definition) is 7. The number of rotatable bonds is 7. The second-order valence-electron chi connectivity index (χ2n) is 8.07. The van der Waals surface area contributed by atoms with Crippen LogP contribution in [0.3, 0.4) is 0 Å². The minimum atomic E-state index is -0.473. The number of hydrogen-bond donors (Lipinski definition) is 1. The maximum absolute atomic E-state index is 12.9. The van der Waals surface area contributed by atoms with Crippen LogP contribution in [0.4, 0.5) is 0 Å². The van der Waals surface area contributed by atoms with E-state index in [-0.39, 0.29) is 23.3 Å². The highest BCUT2D eigenvalue weighted by atomic mass is 32.2. The van der Waals surface area contributed by atoms with Gasteiger partial charge in [0.25, 0.3) is 5.56 Å². The zero-order valence-electron chi connectivity index (χ0n) is 18.1. The van der Waals surface area contributed by atoms with E-state index in [1.54, 1.807) is 13.8 Å². The summed E-state index contributed by atoms with van der Waals surface area (Å²) in [5, 5.41) is 3.12. The van der Waals surface area contributed by atoms with Gasteiger partial charge in [-0.1, -0.05) is 25.6 Å². The van der Waals surface area contributed by atoms with Crippen LogP contribution in [-0.4, -0.2) is 49.5 Å². The van der Waals surface area contributed by atoms with Gasteiger partial charge in [0.2, 0.25) is 5.91 Å². The third-order valence-electron chi connectivity index (χ3n) is 4.99. The van der Waals surface area contributed by atoms with E-state index in [0.29, 0.717) is 29.6 Å². The van der Waals surface area contributed by atoms with E-state index < -0.39 is 16.5 Å². The summed E-state index contributed by atoms with van der Waals surface area (Å²) in [5.41, 5.74) is -0.541. The van der Waals surface area contributed by atoms with Crippen LogP contribution in [0.5, 0.6) is 0 Å². The Morgan fingerprint density at radius 2 is 2.03 bits per heavy atom. The first-order chi connectivity index (χ1) is 14.2. The van der Waals surface area contributed by atoms with Crippen LogP contribution < -0.4 is 16.6 Å². The van der Waals surface area contributed by atoms with Crippen molar-refractivity contribution in [3.63, 3.8) is 0 Å². The van der Waals surface area contributed by atoms with Gasteiger partial charge in [-0.3, -0.25) is 18.7 Å². The number of aryl methyl sites for hydroxylation is 1. The average Bonchev–Trinajstić information content (AvgIpc) is 3.20. The normalized spacial score (nSPS) is 17.6. The Bertz CT molecular complexity index is 1060. The molecular weight excluding hydrogens is 406 g/mol. The number of aromatic nitrogens is 4. The van der Waals surface area contributed by atoms with Crippen molar-refractivity contribution in [2.45, 2.75) is 63.5 Å². The highest BCUT2D eigenvalue weighted by molar-refractivity contribution is 8.00. The van der Waals surface area contributed by atoms with Crippen molar-refractivity contribution < 1.29 is 9.53 Å². The molecule has 10 heteroatoms. The van der Waals surface area contributed by atoms with Crippen molar-refractivity contribution in [3.05, 3.63) is 26.7 Å². The molecule has 1 aliphatic heterocycles. The third kappa shape index (κ3) is 4.75. The topological polar surface area (TPSA) is 108 Å². The predicted octanol–water partition coefficient (Wildman–Crippen LogP) is 1.23. The van der Waals surface area contributed by atoms with Crippen molar-refractivity contribution >= 4 is 28.7 Å². The first kappa shape index (κ1) is 22.5. The lowest BCUT2D eigenvalue weighted by atomic mass is 10.2. The number of amides is 1. The second-order valence-corrected chi connectivity index (χ2v) is 9.40. The number of ether oxygens (including phenoxy) is 1. The lowest BCUT2D eigenvalue weighted by Crippen LogP contribution is -2.40. The standard InChI is InChI=1S/C20H29N5O4S/c1-11(2)10-25-16-15(19(27)24(5)20(25)28)18(23-13(4)22-16)30-12(3)17(26)21-9-14-7-6-8-29-14/h11-12,14H,6-10H2,1-5H3,(H,21,26)/t12-,14-/m1/s1. The molecule has 164 valence electrons. The van der Waals surface area contributed by atoms with E-state index in [4.69, 9.17) is 4.74 Å². The van der Waals surface area contributed by atoms with Crippen molar-refractivity contribution in [2.24, 2.45) is 13.0 Å².